The van der Waals surface area contributed by atoms with Crippen LogP contribution in [-0.2, 0) is 26.2 Å². The molecule has 1 saturated heterocycles. The number of carbonyl (C=O) groups is 3. The Bertz CT molecular complexity index is 1170. The first kappa shape index (κ1) is 27.9. The van der Waals surface area contributed by atoms with E-state index < -0.39 is 46.5 Å². The monoisotopic (exact) mass is 523 g/mol. The zero-order chi connectivity index (χ0) is 27.5. The van der Waals surface area contributed by atoms with Gasteiger partial charge in [-0.1, -0.05) is 36.4 Å². The van der Waals surface area contributed by atoms with Crippen LogP contribution in [0.2, 0.25) is 0 Å². The predicted octanol–water partition coefficient (Wildman–Crippen LogP) is 3.45. The highest BCUT2D eigenvalue weighted by Gasteiger charge is 2.56. The molecule has 5 N–H and O–H groups in total. The second kappa shape index (κ2) is 11.3. The standard InChI is InChI=1S/C30H38FN3O4/c1-29(2,32)28(38)34-24(10-6-9-19-7-4-3-5-8-19)27(37)26-22(18-25(35)36)21-12-11-20(31)17-23(21)30(26)13-15-33-16-14-30/h3-5,7-8,11-12,17,22,24,26,33H,6,9-10,13-16,18,32H2,1-2H3,(H,34,38)(H,35,36)/t22?,24-,26?/m1/s1. The summed E-state index contributed by atoms with van der Waals surface area (Å²) in [6.07, 6.45) is 2.71. The number of nitrogens with one attached hydrogen (secondary N) is 2. The smallest absolute Gasteiger partial charge is 0.303 e. The zero-order valence-electron chi connectivity index (χ0n) is 22.1. The Kier molecular flexibility index (Phi) is 8.33. The van der Waals surface area contributed by atoms with Crippen molar-refractivity contribution >= 4 is 17.7 Å². The summed E-state index contributed by atoms with van der Waals surface area (Å²) in [4.78, 5) is 39.5. The van der Waals surface area contributed by atoms with E-state index in [9.17, 15) is 23.9 Å². The molecule has 1 aliphatic carbocycles. The van der Waals surface area contributed by atoms with Crippen LogP contribution in [0.1, 0.15) is 68.6 Å². The average Bonchev–Trinajstić information content (AvgIpc) is 3.10. The lowest BCUT2D eigenvalue weighted by molar-refractivity contribution is -0.139. The average molecular weight is 524 g/mol. The number of rotatable bonds is 10. The largest absolute Gasteiger partial charge is 0.481 e. The molecule has 0 aromatic heterocycles. The molecule has 8 heteroatoms. The summed E-state index contributed by atoms with van der Waals surface area (Å²) in [6, 6.07) is 13.5. The number of ketones is 1. The molecule has 1 heterocycles. The molecule has 1 amide bonds. The Morgan fingerprint density at radius 2 is 1.84 bits per heavy atom. The van der Waals surface area contributed by atoms with Crippen molar-refractivity contribution < 1.29 is 23.9 Å². The molecule has 0 radical (unpaired) electrons. The molecule has 38 heavy (non-hydrogen) atoms. The number of halogens is 1. The van der Waals surface area contributed by atoms with Gasteiger partial charge in [0, 0.05) is 17.3 Å². The molecule has 1 fully saturated rings. The molecule has 3 atom stereocenters. The van der Waals surface area contributed by atoms with Crippen molar-refractivity contribution in [2.75, 3.05) is 13.1 Å². The first-order valence-corrected chi connectivity index (χ1v) is 13.4. The van der Waals surface area contributed by atoms with Gasteiger partial charge in [-0.15, -0.1) is 0 Å². The number of amides is 1. The highest BCUT2D eigenvalue weighted by molar-refractivity contribution is 5.95. The van der Waals surface area contributed by atoms with E-state index in [-0.39, 0.29) is 12.2 Å². The molecule has 7 nitrogen and oxygen atoms in total. The van der Waals surface area contributed by atoms with E-state index in [1.165, 1.54) is 12.1 Å². The van der Waals surface area contributed by atoms with Gasteiger partial charge in [0.2, 0.25) is 5.91 Å². The number of carboxylic acid groups (broad SMARTS) is 1. The van der Waals surface area contributed by atoms with Gasteiger partial charge in [-0.3, -0.25) is 14.4 Å². The first-order valence-electron chi connectivity index (χ1n) is 13.4. The van der Waals surface area contributed by atoms with Crippen LogP contribution in [0, 0.1) is 11.7 Å². The van der Waals surface area contributed by atoms with E-state index >= 15 is 0 Å². The number of aryl methyl sites for hydroxylation is 1. The Morgan fingerprint density at radius 1 is 1.16 bits per heavy atom. The zero-order valence-corrected chi connectivity index (χ0v) is 22.1. The highest BCUT2D eigenvalue weighted by atomic mass is 19.1. The number of Topliss-reactive ketones (excluding diaryl/α,β-unsaturated/α-hetero) is 1. The van der Waals surface area contributed by atoms with Gasteiger partial charge in [0.15, 0.2) is 5.78 Å². The number of piperidine rings is 1. The van der Waals surface area contributed by atoms with E-state index in [4.69, 9.17) is 5.73 Å². The van der Waals surface area contributed by atoms with Crippen molar-refractivity contribution in [3.8, 4) is 0 Å². The molecule has 2 aliphatic rings. The van der Waals surface area contributed by atoms with Crippen LogP contribution in [-0.4, -0.2) is 47.4 Å². The van der Waals surface area contributed by atoms with Crippen LogP contribution >= 0.6 is 0 Å². The third-order valence-electron chi connectivity index (χ3n) is 8.18. The van der Waals surface area contributed by atoms with Gasteiger partial charge in [-0.05, 0) is 87.9 Å². The highest BCUT2D eigenvalue weighted by Crippen LogP contribution is 2.57. The number of carboxylic acids is 1. The summed E-state index contributed by atoms with van der Waals surface area (Å²) in [7, 11) is 0. The second-order valence-electron chi connectivity index (χ2n) is 11.3. The maximum atomic E-state index is 14.5. The number of hydrogen-bond donors (Lipinski definition) is 4. The molecule has 0 bridgehead atoms. The lowest BCUT2D eigenvalue weighted by Crippen LogP contribution is -2.57. The van der Waals surface area contributed by atoms with Crippen molar-refractivity contribution in [2.24, 2.45) is 11.7 Å². The Labute approximate surface area is 223 Å². The number of carbonyl (C=O) groups excluding carboxylic acids is 2. The summed E-state index contributed by atoms with van der Waals surface area (Å²) < 4.78 is 14.5. The van der Waals surface area contributed by atoms with Crippen LogP contribution in [0.5, 0.6) is 0 Å². The SMILES string of the molecule is CC(C)(N)C(=O)N[C@H](CCCc1ccccc1)C(=O)C1C(CC(=O)O)c2ccc(F)cc2C12CCNCC2. The molecule has 1 aliphatic heterocycles. The van der Waals surface area contributed by atoms with Crippen LogP contribution < -0.4 is 16.4 Å². The normalized spacial score (nSPS) is 21.1. The number of hydrogen-bond acceptors (Lipinski definition) is 5. The van der Waals surface area contributed by atoms with Gasteiger partial charge in [-0.2, -0.15) is 0 Å². The van der Waals surface area contributed by atoms with Crippen molar-refractivity contribution in [3.05, 3.63) is 71.0 Å². The molecular formula is C30H38FN3O4. The van der Waals surface area contributed by atoms with Crippen LogP contribution in [0.4, 0.5) is 4.39 Å². The van der Waals surface area contributed by atoms with E-state index in [0.29, 0.717) is 38.8 Å². The summed E-state index contributed by atoms with van der Waals surface area (Å²) in [6.45, 7) is 4.45. The number of fused-ring (bicyclic) bond motifs is 2. The van der Waals surface area contributed by atoms with Crippen molar-refractivity contribution in [2.45, 2.75) is 75.3 Å². The lowest BCUT2D eigenvalue weighted by Gasteiger charge is -2.42. The molecule has 204 valence electrons. The van der Waals surface area contributed by atoms with E-state index in [0.717, 1.165) is 23.1 Å². The van der Waals surface area contributed by atoms with E-state index in [1.54, 1.807) is 19.9 Å². The fourth-order valence-corrected chi connectivity index (χ4v) is 6.36. The summed E-state index contributed by atoms with van der Waals surface area (Å²) in [5.41, 5.74) is 6.77. The van der Waals surface area contributed by atoms with Gasteiger partial charge < -0.3 is 21.5 Å². The molecule has 2 aromatic rings. The Morgan fingerprint density at radius 3 is 2.47 bits per heavy atom. The summed E-state index contributed by atoms with van der Waals surface area (Å²) in [5.74, 6) is -3.34. The lowest BCUT2D eigenvalue weighted by atomic mass is 9.64. The molecule has 2 unspecified atom stereocenters. The van der Waals surface area contributed by atoms with Gasteiger partial charge >= 0.3 is 5.97 Å². The number of benzene rings is 2. The topological polar surface area (TPSA) is 122 Å². The van der Waals surface area contributed by atoms with Gasteiger partial charge in [0.05, 0.1) is 18.0 Å². The molecule has 0 saturated carbocycles. The second-order valence-corrected chi connectivity index (χ2v) is 11.3. The summed E-state index contributed by atoms with van der Waals surface area (Å²) in [5, 5.41) is 16.0. The molecular weight excluding hydrogens is 485 g/mol. The maximum Gasteiger partial charge on any atom is 0.303 e. The molecule has 1 spiro atoms. The Balaban J connectivity index is 1.71. The summed E-state index contributed by atoms with van der Waals surface area (Å²) >= 11 is 0. The number of nitrogens with two attached hydrogens (primary N) is 1. The van der Waals surface area contributed by atoms with E-state index in [1.807, 2.05) is 30.3 Å². The minimum absolute atomic E-state index is 0.194. The van der Waals surface area contributed by atoms with Crippen molar-refractivity contribution in [1.82, 2.24) is 10.6 Å². The molecule has 2 aromatic carbocycles. The molecule has 4 rings (SSSR count). The minimum Gasteiger partial charge on any atom is -0.481 e. The fraction of sp³-hybridized carbons (Fsp3) is 0.500. The third kappa shape index (κ3) is 5.81. The van der Waals surface area contributed by atoms with Crippen LogP contribution in [0.15, 0.2) is 48.5 Å². The Hall–Kier alpha value is -3.10. The van der Waals surface area contributed by atoms with Gasteiger partial charge in [-0.25, -0.2) is 4.39 Å². The first-order chi connectivity index (χ1) is 18.0. The van der Waals surface area contributed by atoms with Crippen LogP contribution in [0.25, 0.3) is 0 Å². The van der Waals surface area contributed by atoms with Gasteiger partial charge in [0.1, 0.15) is 5.82 Å². The van der Waals surface area contributed by atoms with E-state index in [2.05, 4.69) is 10.6 Å². The van der Waals surface area contributed by atoms with Crippen molar-refractivity contribution in [3.63, 3.8) is 0 Å². The third-order valence-corrected chi connectivity index (χ3v) is 8.18. The van der Waals surface area contributed by atoms with Crippen molar-refractivity contribution in [1.29, 1.82) is 0 Å². The van der Waals surface area contributed by atoms with Gasteiger partial charge in [0.25, 0.3) is 0 Å². The minimum atomic E-state index is -1.19. The number of aliphatic carboxylic acids is 1. The van der Waals surface area contributed by atoms with Crippen LogP contribution in [0.3, 0.4) is 0 Å². The fourth-order valence-electron chi connectivity index (χ4n) is 6.36. The quantitative estimate of drug-likeness (QED) is 0.379. The predicted molar refractivity (Wildman–Crippen MR) is 143 cm³/mol. The maximum absolute atomic E-state index is 14.5.